The van der Waals surface area contributed by atoms with Gasteiger partial charge in [-0.25, -0.2) is 4.39 Å². The summed E-state index contributed by atoms with van der Waals surface area (Å²) in [5.74, 6) is -0.117. The van der Waals surface area contributed by atoms with E-state index in [1.807, 2.05) is 6.92 Å². The molecule has 0 spiro atoms. The smallest absolute Gasteiger partial charge is 0.254 e. The molecule has 0 radical (unpaired) electrons. The minimum Gasteiger partial charge on any atom is -0.336 e. The molecule has 0 bridgehead atoms. The Labute approximate surface area is 113 Å². The van der Waals surface area contributed by atoms with Crippen LogP contribution < -0.4 is 5.73 Å². The van der Waals surface area contributed by atoms with Gasteiger partial charge in [-0.3, -0.25) is 4.79 Å². The number of rotatable bonds is 2. The zero-order chi connectivity index (χ0) is 12.4. The highest BCUT2D eigenvalue weighted by molar-refractivity contribution is 5.94. The van der Waals surface area contributed by atoms with Crippen LogP contribution in [0.1, 0.15) is 23.7 Å². The summed E-state index contributed by atoms with van der Waals surface area (Å²) in [7, 11) is 0. The topological polar surface area (TPSA) is 46.3 Å². The van der Waals surface area contributed by atoms with Gasteiger partial charge in [0.2, 0.25) is 0 Å². The molecule has 3 nitrogen and oxygen atoms in total. The number of hydrogen-bond acceptors (Lipinski definition) is 2. The van der Waals surface area contributed by atoms with Crippen molar-refractivity contribution >= 4 is 18.3 Å². The summed E-state index contributed by atoms with van der Waals surface area (Å²) >= 11 is 0. The molecule has 2 N–H and O–H groups in total. The SMILES string of the molecule is CC1CC(CN)CN1C(=O)c1cccc(F)c1.Cl. The molecule has 1 aliphatic heterocycles. The van der Waals surface area contributed by atoms with E-state index in [2.05, 4.69) is 0 Å². The molecule has 100 valence electrons. The van der Waals surface area contributed by atoms with Crippen molar-refractivity contribution in [3.05, 3.63) is 35.6 Å². The van der Waals surface area contributed by atoms with Crippen molar-refractivity contribution in [3.8, 4) is 0 Å². The Morgan fingerprint density at radius 1 is 1.56 bits per heavy atom. The van der Waals surface area contributed by atoms with Gasteiger partial charge in [-0.05, 0) is 44.0 Å². The fraction of sp³-hybridized carbons (Fsp3) is 0.462. The van der Waals surface area contributed by atoms with Crippen LogP contribution in [0, 0.1) is 11.7 Å². The molecule has 1 aliphatic rings. The predicted molar refractivity (Wildman–Crippen MR) is 71.3 cm³/mol. The first-order chi connectivity index (χ1) is 8.11. The lowest BCUT2D eigenvalue weighted by Crippen LogP contribution is -2.34. The molecule has 0 saturated carbocycles. The molecule has 1 aromatic carbocycles. The Hall–Kier alpha value is -1.13. The van der Waals surface area contributed by atoms with Crippen LogP contribution >= 0.6 is 12.4 Å². The molecule has 2 atom stereocenters. The van der Waals surface area contributed by atoms with Crippen LogP contribution in [-0.2, 0) is 0 Å². The number of nitrogens with two attached hydrogens (primary N) is 1. The quantitative estimate of drug-likeness (QED) is 0.896. The van der Waals surface area contributed by atoms with Gasteiger partial charge in [-0.1, -0.05) is 6.07 Å². The minimum atomic E-state index is -0.377. The maximum atomic E-state index is 13.1. The number of carbonyl (C=O) groups is 1. The van der Waals surface area contributed by atoms with Gasteiger partial charge in [0.05, 0.1) is 0 Å². The number of carbonyl (C=O) groups excluding carboxylic acids is 1. The van der Waals surface area contributed by atoms with Gasteiger partial charge in [-0.15, -0.1) is 12.4 Å². The van der Waals surface area contributed by atoms with E-state index in [0.717, 1.165) is 6.42 Å². The maximum Gasteiger partial charge on any atom is 0.254 e. The maximum absolute atomic E-state index is 13.1. The van der Waals surface area contributed by atoms with E-state index in [0.29, 0.717) is 24.6 Å². The summed E-state index contributed by atoms with van der Waals surface area (Å²) in [6, 6.07) is 6.01. The number of amides is 1. The highest BCUT2D eigenvalue weighted by Gasteiger charge is 2.32. The Morgan fingerprint density at radius 2 is 2.28 bits per heavy atom. The summed E-state index contributed by atoms with van der Waals surface area (Å²) in [6.45, 7) is 3.27. The van der Waals surface area contributed by atoms with Crippen LogP contribution in [0.15, 0.2) is 24.3 Å². The predicted octanol–water partition coefficient (Wildman–Crippen LogP) is 2.06. The van der Waals surface area contributed by atoms with E-state index >= 15 is 0 Å². The van der Waals surface area contributed by atoms with E-state index in [-0.39, 0.29) is 30.2 Å². The third-order valence-corrected chi connectivity index (χ3v) is 3.33. The minimum absolute atomic E-state index is 0. The largest absolute Gasteiger partial charge is 0.336 e. The summed E-state index contributed by atoms with van der Waals surface area (Å²) in [6.07, 6.45) is 0.928. The lowest BCUT2D eigenvalue weighted by atomic mass is 10.1. The molecule has 5 heteroatoms. The Morgan fingerprint density at radius 3 is 2.83 bits per heavy atom. The third-order valence-electron chi connectivity index (χ3n) is 3.33. The first kappa shape index (κ1) is 14.9. The van der Waals surface area contributed by atoms with Crippen molar-refractivity contribution in [1.29, 1.82) is 0 Å². The molecule has 1 aromatic rings. The molecule has 1 amide bonds. The summed E-state index contributed by atoms with van der Waals surface area (Å²) < 4.78 is 13.1. The van der Waals surface area contributed by atoms with Crippen molar-refractivity contribution < 1.29 is 9.18 Å². The second kappa shape index (κ2) is 6.16. The molecule has 1 fully saturated rings. The van der Waals surface area contributed by atoms with E-state index < -0.39 is 0 Å². The fourth-order valence-corrected chi connectivity index (χ4v) is 2.38. The van der Waals surface area contributed by atoms with Gasteiger partial charge in [0.15, 0.2) is 0 Å². The van der Waals surface area contributed by atoms with Crippen molar-refractivity contribution in [1.82, 2.24) is 4.90 Å². The highest BCUT2D eigenvalue weighted by Crippen LogP contribution is 2.24. The summed E-state index contributed by atoms with van der Waals surface area (Å²) in [5.41, 5.74) is 6.03. The molecular formula is C13H18ClFN2O. The summed E-state index contributed by atoms with van der Waals surface area (Å²) in [5, 5.41) is 0. The van der Waals surface area contributed by atoms with Crippen molar-refractivity contribution in [2.75, 3.05) is 13.1 Å². The third kappa shape index (κ3) is 3.00. The average molecular weight is 273 g/mol. The molecule has 1 saturated heterocycles. The van der Waals surface area contributed by atoms with E-state index in [4.69, 9.17) is 5.73 Å². The molecule has 0 aromatic heterocycles. The van der Waals surface area contributed by atoms with Crippen LogP contribution in [0.4, 0.5) is 4.39 Å². The van der Waals surface area contributed by atoms with E-state index in [1.54, 1.807) is 17.0 Å². The Bertz CT molecular complexity index is 427. The van der Waals surface area contributed by atoms with Gasteiger partial charge < -0.3 is 10.6 Å². The standard InChI is InChI=1S/C13H17FN2O.ClH/c1-9-5-10(7-15)8-16(9)13(17)11-3-2-4-12(14)6-11;/h2-4,6,9-10H,5,7-8,15H2,1H3;1H. The Kier molecular flexibility index (Phi) is 5.11. The average Bonchev–Trinajstić information content (AvgIpc) is 2.69. The van der Waals surface area contributed by atoms with Crippen LogP contribution in [0.25, 0.3) is 0 Å². The molecule has 1 heterocycles. The second-order valence-electron chi connectivity index (χ2n) is 4.65. The molecule has 2 rings (SSSR count). The van der Waals surface area contributed by atoms with Crippen LogP contribution in [0.3, 0.4) is 0 Å². The molecule has 18 heavy (non-hydrogen) atoms. The van der Waals surface area contributed by atoms with Gasteiger partial charge in [0.1, 0.15) is 5.82 Å². The lowest BCUT2D eigenvalue weighted by molar-refractivity contribution is 0.0743. The summed E-state index contributed by atoms with van der Waals surface area (Å²) in [4.78, 5) is 14.0. The van der Waals surface area contributed by atoms with Crippen molar-refractivity contribution in [2.24, 2.45) is 11.7 Å². The monoisotopic (exact) mass is 272 g/mol. The van der Waals surface area contributed by atoms with E-state index in [9.17, 15) is 9.18 Å². The number of halogens is 2. The number of hydrogen-bond donors (Lipinski definition) is 1. The van der Waals surface area contributed by atoms with Crippen molar-refractivity contribution in [2.45, 2.75) is 19.4 Å². The normalized spacial score (nSPS) is 22.7. The number of likely N-dealkylation sites (tertiary alicyclic amines) is 1. The van der Waals surface area contributed by atoms with Gasteiger partial charge in [0.25, 0.3) is 5.91 Å². The first-order valence-electron chi connectivity index (χ1n) is 5.88. The number of benzene rings is 1. The lowest BCUT2D eigenvalue weighted by Gasteiger charge is -2.21. The van der Waals surface area contributed by atoms with Crippen LogP contribution in [-0.4, -0.2) is 29.9 Å². The van der Waals surface area contributed by atoms with Gasteiger partial charge >= 0.3 is 0 Å². The zero-order valence-corrected chi connectivity index (χ0v) is 11.1. The first-order valence-corrected chi connectivity index (χ1v) is 5.88. The van der Waals surface area contributed by atoms with Gasteiger partial charge in [-0.2, -0.15) is 0 Å². The molecule has 2 unspecified atom stereocenters. The highest BCUT2D eigenvalue weighted by atomic mass is 35.5. The zero-order valence-electron chi connectivity index (χ0n) is 10.3. The second-order valence-corrected chi connectivity index (χ2v) is 4.65. The van der Waals surface area contributed by atoms with Gasteiger partial charge in [0, 0.05) is 18.2 Å². The van der Waals surface area contributed by atoms with Crippen LogP contribution in [0.2, 0.25) is 0 Å². The fourth-order valence-electron chi connectivity index (χ4n) is 2.38. The number of nitrogens with zero attached hydrogens (tertiary/aromatic N) is 1. The van der Waals surface area contributed by atoms with Crippen molar-refractivity contribution in [3.63, 3.8) is 0 Å². The molecular weight excluding hydrogens is 255 g/mol. The Balaban J connectivity index is 0.00000162. The van der Waals surface area contributed by atoms with E-state index in [1.165, 1.54) is 12.1 Å². The molecule has 0 aliphatic carbocycles. The van der Waals surface area contributed by atoms with Crippen LogP contribution in [0.5, 0.6) is 0 Å².